The van der Waals surface area contributed by atoms with Crippen molar-refractivity contribution in [3.63, 3.8) is 0 Å². The van der Waals surface area contributed by atoms with E-state index in [0.717, 1.165) is 6.04 Å². The zero-order valence-electron chi connectivity index (χ0n) is 14.4. The summed E-state index contributed by atoms with van der Waals surface area (Å²) in [5.41, 5.74) is 0.552. The third-order valence-corrected chi connectivity index (χ3v) is 5.68. The second kappa shape index (κ2) is 7.44. The molecule has 0 spiro atoms. The molecule has 0 aromatic carbocycles. The molecule has 8 nitrogen and oxygen atoms in total. The molecule has 0 N–H and O–H groups in total. The van der Waals surface area contributed by atoms with Crippen LogP contribution in [0.2, 0.25) is 25.7 Å². The first kappa shape index (κ1) is 19.3. The molecule has 2 aromatic heterocycles. The van der Waals surface area contributed by atoms with Gasteiger partial charge in [0, 0.05) is 37.4 Å². The van der Waals surface area contributed by atoms with Gasteiger partial charge in [0.1, 0.15) is 0 Å². The predicted molar refractivity (Wildman–Crippen MR) is 99.3 cm³/mol. The highest BCUT2D eigenvalue weighted by molar-refractivity contribution is 9.10. The maximum absolute atomic E-state index is 11.8. The number of methoxy groups -OCH3 is 1. The van der Waals surface area contributed by atoms with Crippen LogP contribution >= 0.6 is 15.9 Å². The lowest BCUT2D eigenvalue weighted by atomic mass is 10.2. The van der Waals surface area contributed by atoms with Gasteiger partial charge in [-0.05, 0) is 22.0 Å². The predicted octanol–water partition coefficient (Wildman–Crippen LogP) is 3.74. The van der Waals surface area contributed by atoms with E-state index < -0.39 is 19.0 Å². The van der Waals surface area contributed by atoms with Gasteiger partial charge in [-0.25, -0.2) is 9.78 Å². The van der Waals surface area contributed by atoms with Crippen molar-refractivity contribution in [2.75, 3.05) is 7.11 Å². The van der Waals surface area contributed by atoms with Crippen molar-refractivity contribution in [1.82, 2.24) is 14.8 Å². The summed E-state index contributed by atoms with van der Waals surface area (Å²) in [6.45, 7) is 7.21. The Morgan fingerprint density at radius 2 is 2.08 bits per heavy atom. The Morgan fingerprint density at radius 3 is 2.64 bits per heavy atom. The van der Waals surface area contributed by atoms with E-state index in [1.54, 1.807) is 4.68 Å². The molecule has 0 radical (unpaired) electrons. The lowest BCUT2D eigenvalue weighted by Crippen LogP contribution is -2.22. The highest BCUT2D eigenvalue weighted by atomic mass is 79.9. The van der Waals surface area contributed by atoms with Gasteiger partial charge in [-0.1, -0.05) is 19.6 Å². The van der Waals surface area contributed by atoms with E-state index in [2.05, 4.69) is 45.7 Å². The zero-order chi connectivity index (χ0) is 18.8. The topological polar surface area (TPSA) is 100 Å². The van der Waals surface area contributed by atoms with E-state index >= 15 is 0 Å². The number of esters is 1. The number of aryl methyl sites for hydroxylation is 1. The molecule has 10 heteroatoms. The number of aromatic nitrogens is 3. The SMILES string of the molecule is COC(=O)c1cc(-c2ncc(Br)cc2[N+](=O)[O-])n(CC[Si](C)(C)C)n1. The molecule has 0 saturated carbocycles. The third-order valence-electron chi connectivity index (χ3n) is 3.52. The van der Waals surface area contributed by atoms with Crippen LogP contribution in [0.25, 0.3) is 11.4 Å². The lowest BCUT2D eigenvalue weighted by molar-refractivity contribution is -0.384. The van der Waals surface area contributed by atoms with Crippen LogP contribution < -0.4 is 0 Å². The molecule has 25 heavy (non-hydrogen) atoms. The number of carbonyl (C=O) groups excluding carboxylic acids is 1. The maximum Gasteiger partial charge on any atom is 0.358 e. The van der Waals surface area contributed by atoms with Crippen molar-refractivity contribution >= 4 is 35.7 Å². The van der Waals surface area contributed by atoms with Crippen LogP contribution in [0.5, 0.6) is 0 Å². The number of hydrogen-bond acceptors (Lipinski definition) is 6. The van der Waals surface area contributed by atoms with Gasteiger partial charge in [0.25, 0.3) is 5.69 Å². The monoisotopic (exact) mass is 426 g/mol. The third kappa shape index (κ3) is 4.72. The summed E-state index contributed by atoms with van der Waals surface area (Å²) >= 11 is 3.19. The van der Waals surface area contributed by atoms with Crippen LogP contribution in [0.15, 0.2) is 22.8 Å². The number of hydrogen-bond donors (Lipinski definition) is 0. The molecule has 0 aliphatic carbocycles. The number of nitrogens with zero attached hydrogens (tertiary/aromatic N) is 4. The molecule has 0 fully saturated rings. The lowest BCUT2D eigenvalue weighted by Gasteiger charge is -2.16. The summed E-state index contributed by atoms with van der Waals surface area (Å²) < 4.78 is 6.82. The fourth-order valence-corrected chi connectivity index (χ4v) is 3.39. The van der Waals surface area contributed by atoms with Crippen molar-refractivity contribution < 1.29 is 14.5 Å². The van der Waals surface area contributed by atoms with Gasteiger partial charge in [-0.15, -0.1) is 0 Å². The first-order valence-electron chi connectivity index (χ1n) is 7.59. The molecule has 0 atom stereocenters. The fraction of sp³-hybridized carbons (Fsp3) is 0.400. The van der Waals surface area contributed by atoms with E-state index in [1.807, 2.05) is 0 Å². The Morgan fingerprint density at radius 1 is 1.40 bits per heavy atom. The van der Waals surface area contributed by atoms with Crippen molar-refractivity contribution in [1.29, 1.82) is 0 Å². The van der Waals surface area contributed by atoms with Gasteiger partial charge in [-0.2, -0.15) is 5.10 Å². The summed E-state index contributed by atoms with van der Waals surface area (Å²) in [5, 5.41) is 15.7. The molecular weight excluding hydrogens is 408 g/mol. The molecule has 2 aromatic rings. The van der Waals surface area contributed by atoms with Gasteiger partial charge in [0.2, 0.25) is 0 Å². The number of nitro groups is 1. The average molecular weight is 427 g/mol. The Bertz CT molecular complexity index is 816. The van der Waals surface area contributed by atoms with Crippen LogP contribution in [0.3, 0.4) is 0 Å². The Balaban J connectivity index is 2.57. The molecule has 0 unspecified atom stereocenters. The number of halogens is 1. The van der Waals surface area contributed by atoms with E-state index in [1.165, 1.54) is 25.4 Å². The summed E-state index contributed by atoms with van der Waals surface area (Å²) in [5.74, 6) is -0.590. The minimum atomic E-state index is -1.37. The van der Waals surface area contributed by atoms with Crippen molar-refractivity contribution in [3.8, 4) is 11.4 Å². The van der Waals surface area contributed by atoms with Crippen molar-refractivity contribution in [3.05, 3.63) is 38.6 Å². The van der Waals surface area contributed by atoms with Gasteiger partial charge < -0.3 is 4.74 Å². The van der Waals surface area contributed by atoms with Gasteiger partial charge in [0.15, 0.2) is 11.4 Å². The zero-order valence-corrected chi connectivity index (χ0v) is 17.0. The van der Waals surface area contributed by atoms with E-state index in [-0.39, 0.29) is 17.1 Å². The van der Waals surface area contributed by atoms with Crippen molar-refractivity contribution in [2.45, 2.75) is 32.2 Å². The first-order chi connectivity index (χ1) is 11.6. The Labute approximate surface area is 154 Å². The minimum Gasteiger partial charge on any atom is -0.464 e. The number of rotatable bonds is 6. The van der Waals surface area contributed by atoms with Gasteiger partial charge >= 0.3 is 5.97 Å². The second-order valence-electron chi connectivity index (χ2n) is 6.72. The van der Waals surface area contributed by atoms with Gasteiger partial charge in [0.05, 0.1) is 17.7 Å². The Hall–Kier alpha value is -2.07. The van der Waals surface area contributed by atoms with E-state index in [4.69, 9.17) is 4.74 Å². The quantitative estimate of drug-likeness (QED) is 0.301. The molecule has 0 bridgehead atoms. The van der Waals surface area contributed by atoms with Gasteiger partial charge in [-0.3, -0.25) is 14.8 Å². The molecule has 0 amide bonds. The normalized spacial score (nSPS) is 11.4. The van der Waals surface area contributed by atoms with E-state index in [9.17, 15) is 14.9 Å². The standard InChI is InChI=1S/C15H19BrN4O4Si/c1-24-15(21)11-8-12(19(18-11)5-6-25(2,3)4)14-13(20(22)23)7-10(16)9-17-14/h7-9H,5-6H2,1-4H3. The fourth-order valence-electron chi connectivity index (χ4n) is 2.19. The Kier molecular flexibility index (Phi) is 5.73. The maximum atomic E-state index is 11.8. The van der Waals surface area contributed by atoms with Crippen LogP contribution in [-0.4, -0.2) is 40.8 Å². The largest absolute Gasteiger partial charge is 0.464 e. The molecule has 2 heterocycles. The first-order valence-corrected chi connectivity index (χ1v) is 12.1. The molecule has 0 aliphatic rings. The summed E-state index contributed by atoms with van der Waals surface area (Å²) in [6, 6.07) is 3.78. The number of pyridine rings is 1. The number of carbonyl (C=O) groups is 1. The molecule has 0 aliphatic heterocycles. The van der Waals surface area contributed by atoms with Crippen LogP contribution in [0.1, 0.15) is 10.5 Å². The molecule has 2 rings (SSSR count). The second-order valence-corrected chi connectivity index (χ2v) is 13.3. The van der Waals surface area contributed by atoms with Crippen LogP contribution in [0, 0.1) is 10.1 Å². The summed E-state index contributed by atoms with van der Waals surface area (Å²) in [4.78, 5) is 26.9. The number of ether oxygens (including phenoxy) is 1. The minimum absolute atomic E-state index is 0.104. The molecule has 134 valence electrons. The van der Waals surface area contributed by atoms with Crippen LogP contribution in [-0.2, 0) is 11.3 Å². The van der Waals surface area contributed by atoms with Crippen LogP contribution in [0.4, 0.5) is 5.69 Å². The highest BCUT2D eigenvalue weighted by Crippen LogP contribution is 2.31. The highest BCUT2D eigenvalue weighted by Gasteiger charge is 2.25. The molecular formula is C15H19BrN4O4Si. The average Bonchev–Trinajstić information content (AvgIpc) is 2.95. The smallest absolute Gasteiger partial charge is 0.358 e. The molecule has 0 saturated heterocycles. The summed E-state index contributed by atoms with van der Waals surface area (Å²) in [7, 11) is -0.106. The van der Waals surface area contributed by atoms with E-state index in [0.29, 0.717) is 16.7 Å². The van der Waals surface area contributed by atoms with Crippen molar-refractivity contribution in [2.24, 2.45) is 0 Å². The summed E-state index contributed by atoms with van der Waals surface area (Å²) in [6.07, 6.45) is 1.48.